The number of esters is 1. The summed E-state index contributed by atoms with van der Waals surface area (Å²) in [6, 6.07) is 1.29. The predicted molar refractivity (Wildman–Crippen MR) is 61.2 cm³/mol. The number of carbonyl (C=O) groups excluding carboxylic acids is 2. The highest BCUT2D eigenvalue weighted by Crippen LogP contribution is 2.12. The third-order valence-electron chi connectivity index (χ3n) is 2.10. The lowest BCUT2D eigenvalue weighted by Crippen LogP contribution is -2.36. The van der Waals surface area contributed by atoms with E-state index in [1.165, 1.54) is 20.1 Å². The Hall–Kier alpha value is -2.05. The molecule has 100 valence electrons. The molecule has 1 rings (SSSR count). The molecule has 0 aliphatic rings. The second-order valence-corrected chi connectivity index (χ2v) is 3.57. The summed E-state index contributed by atoms with van der Waals surface area (Å²) in [6.07, 6.45) is -0.0775. The lowest BCUT2D eigenvalue weighted by Gasteiger charge is -2.11. The van der Waals surface area contributed by atoms with Crippen molar-refractivity contribution in [2.45, 2.75) is 26.4 Å². The Kier molecular flexibility index (Phi) is 5.16. The SMILES string of the molecule is CCCNC(=O)C(C)OC(=O)c1cc(OC)no1. The van der Waals surface area contributed by atoms with Crippen molar-refractivity contribution in [1.29, 1.82) is 0 Å². The monoisotopic (exact) mass is 256 g/mol. The van der Waals surface area contributed by atoms with Crippen LogP contribution < -0.4 is 10.1 Å². The molecule has 0 fully saturated rings. The second-order valence-electron chi connectivity index (χ2n) is 3.57. The van der Waals surface area contributed by atoms with E-state index in [1.807, 2.05) is 6.92 Å². The van der Waals surface area contributed by atoms with Crippen LogP contribution in [0.15, 0.2) is 10.6 Å². The van der Waals surface area contributed by atoms with E-state index in [1.54, 1.807) is 0 Å². The lowest BCUT2D eigenvalue weighted by molar-refractivity contribution is -0.129. The first-order chi connectivity index (χ1) is 8.58. The average Bonchev–Trinajstić information content (AvgIpc) is 2.84. The Morgan fingerprint density at radius 1 is 1.56 bits per heavy atom. The summed E-state index contributed by atoms with van der Waals surface area (Å²) in [7, 11) is 1.40. The Morgan fingerprint density at radius 2 is 2.28 bits per heavy atom. The number of methoxy groups -OCH3 is 1. The summed E-state index contributed by atoms with van der Waals surface area (Å²) in [4.78, 5) is 23.0. The van der Waals surface area contributed by atoms with E-state index in [2.05, 4.69) is 10.5 Å². The molecule has 0 radical (unpaired) electrons. The number of hydrogen-bond donors (Lipinski definition) is 1. The molecule has 0 bridgehead atoms. The molecule has 0 aliphatic heterocycles. The molecule has 1 aromatic rings. The van der Waals surface area contributed by atoms with Gasteiger partial charge < -0.3 is 19.3 Å². The molecule has 0 aliphatic carbocycles. The van der Waals surface area contributed by atoms with Crippen LogP contribution in [0.3, 0.4) is 0 Å². The van der Waals surface area contributed by atoms with Crippen molar-refractivity contribution in [2.75, 3.05) is 13.7 Å². The summed E-state index contributed by atoms with van der Waals surface area (Å²) >= 11 is 0. The highest BCUT2D eigenvalue weighted by Gasteiger charge is 2.21. The van der Waals surface area contributed by atoms with Crippen molar-refractivity contribution < 1.29 is 23.6 Å². The van der Waals surface area contributed by atoms with Gasteiger partial charge in [0.1, 0.15) is 0 Å². The van der Waals surface area contributed by atoms with Gasteiger partial charge in [-0.15, -0.1) is 0 Å². The Labute approximate surface area is 104 Å². The standard InChI is InChI=1S/C11H16N2O5/c1-4-5-12-10(14)7(2)17-11(15)8-6-9(16-3)13-18-8/h6-7H,4-5H2,1-3H3,(H,12,14). The van der Waals surface area contributed by atoms with Gasteiger partial charge in [-0.3, -0.25) is 4.79 Å². The fraction of sp³-hybridized carbons (Fsp3) is 0.545. The van der Waals surface area contributed by atoms with Gasteiger partial charge >= 0.3 is 5.97 Å². The van der Waals surface area contributed by atoms with E-state index in [-0.39, 0.29) is 17.5 Å². The third-order valence-corrected chi connectivity index (χ3v) is 2.10. The molecule has 0 saturated heterocycles. The molecule has 1 amide bonds. The van der Waals surface area contributed by atoms with Gasteiger partial charge in [-0.25, -0.2) is 4.79 Å². The molecule has 1 atom stereocenters. The van der Waals surface area contributed by atoms with Crippen molar-refractivity contribution in [2.24, 2.45) is 0 Å². The maximum atomic E-state index is 11.6. The van der Waals surface area contributed by atoms with Crippen molar-refractivity contribution in [3.63, 3.8) is 0 Å². The Bertz CT molecular complexity index is 415. The molecule has 0 saturated carbocycles. The zero-order chi connectivity index (χ0) is 13.5. The average molecular weight is 256 g/mol. The lowest BCUT2D eigenvalue weighted by atomic mass is 10.3. The van der Waals surface area contributed by atoms with Crippen molar-refractivity contribution in [1.82, 2.24) is 10.5 Å². The summed E-state index contributed by atoms with van der Waals surface area (Å²) < 4.78 is 14.4. The summed E-state index contributed by atoms with van der Waals surface area (Å²) in [6.45, 7) is 3.95. The number of hydrogen-bond acceptors (Lipinski definition) is 6. The molecular weight excluding hydrogens is 240 g/mol. The van der Waals surface area contributed by atoms with Crippen LogP contribution in [0.4, 0.5) is 0 Å². The van der Waals surface area contributed by atoms with Gasteiger partial charge in [0.25, 0.3) is 11.8 Å². The van der Waals surface area contributed by atoms with Gasteiger partial charge in [0.15, 0.2) is 6.10 Å². The first kappa shape index (κ1) is 14.0. The van der Waals surface area contributed by atoms with Gasteiger partial charge in [0.2, 0.25) is 5.76 Å². The maximum absolute atomic E-state index is 11.6. The largest absolute Gasteiger partial charge is 0.479 e. The van der Waals surface area contributed by atoms with Crippen LogP contribution in [0.5, 0.6) is 5.88 Å². The zero-order valence-electron chi connectivity index (χ0n) is 10.6. The third kappa shape index (κ3) is 3.76. The van der Waals surface area contributed by atoms with Crippen LogP contribution in [-0.2, 0) is 9.53 Å². The Morgan fingerprint density at radius 3 is 2.83 bits per heavy atom. The number of ether oxygens (including phenoxy) is 2. The summed E-state index contributed by atoms with van der Waals surface area (Å²) in [5, 5.41) is 6.08. The van der Waals surface area contributed by atoms with Crippen LogP contribution >= 0.6 is 0 Å². The minimum atomic E-state index is -0.889. The van der Waals surface area contributed by atoms with Crippen LogP contribution in [0.1, 0.15) is 30.8 Å². The molecule has 1 heterocycles. The van der Waals surface area contributed by atoms with Gasteiger partial charge in [-0.1, -0.05) is 6.92 Å². The van der Waals surface area contributed by atoms with E-state index in [4.69, 9.17) is 14.0 Å². The molecule has 1 N–H and O–H groups in total. The van der Waals surface area contributed by atoms with Gasteiger partial charge in [-0.05, 0) is 18.5 Å². The number of nitrogens with zero attached hydrogens (tertiary/aromatic N) is 1. The van der Waals surface area contributed by atoms with Crippen LogP contribution in [-0.4, -0.2) is 36.8 Å². The van der Waals surface area contributed by atoms with E-state index >= 15 is 0 Å². The van der Waals surface area contributed by atoms with Gasteiger partial charge in [0.05, 0.1) is 13.2 Å². The molecule has 0 aromatic carbocycles. The van der Waals surface area contributed by atoms with E-state index in [0.29, 0.717) is 6.54 Å². The first-order valence-electron chi connectivity index (χ1n) is 5.57. The normalized spacial score (nSPS) is 11.7. The Balaban J connectivity index is 2.51. The quantitative estimate of drug-likeness (QED) is 0.755. The minimum absolute atomic E-state index is 0.109. The number of aromatic nitrogens is 1. The molecule has 18 heavy (non-hydrogen) atoms. The number of amides is 1. The maximum Gasteiger partial charge on any atom is 0.378 e. The predicted octanol–water partition coefficient (Wildman–Crippen LogP) is 0.755. The molecular formula is C11H16N2O5. The summed E-state index contributed by atoms with van der Waals surface area (Å²) in [5.74, 6) is -1.05. The van der Waals surface area contributed by atoms with Crippen LogP contribution in [0.25, 0.3) is 0 Å². The molecule has 7 heteroatoms. The van der Waals surface area contributed by atoms with Crippen LogP contribution in [0, 0.1) is 0 Å². The number of nitrogens with one attached hydrogen (secondary N) is 1. The van der Waals surface area contributed by atoms with Gasteiger partial charge in [-0.2, -0.15) is 0 Å². The number of rotatable bonds is 6. The van der Waals surface area contributed by atoms with E-state index < -0.39 is 12.1 Å². The first-order valence-corrected chi connectivity index (χ1v) is 5.57. The molecule has 0 spiro atoms. The minimum Gasteiger partial charge on any atom is -0.479 e. The van der Waals surface area contributed by atoms with Crippen LogP contribution in [0.2, 0.25) is 0 Å². The molecule has 1 aromatic heterocycles. The van der Waals surface area contributed by atoms with Crippen molar-refractivity contribution in [3.8, 4) is 5.88 Å². The smallest absolute Gasteiger partial charge is 0.378 e. The molecule has 7 nitrogen and oxygen atoms in total. The molecule has 1 unspecified atom stereocenters. The van der Waals surface area contributed by atoms with Crippen molar-refractivity contribution in [3.05, 3.63) is 11.8 Å². The van der Waals surface area contributed by atoms with Crippen molar-refractivity contribution >= 4 is 11.9 Å². The summed E-state index contributed by atoms with van der Waals surface area (Å²) in [5.41, 5.74) is 0. The van der Waals surface area contributed by atoms with E-state index in [0.717, 1.165) is 6.42 Å². The fourth-order valence-electron chi connectivity index (χ4n) is 1.12. The zero-order valence-corrected chi connectivity index (χ0v) is 10.6. The van der Waals surface area contributed by atoms with E-state index in [9.17, 15) is 9.59 Å². The highest BCUT2D eigenvalue weighted by molar-refractivity contribution is 5.90. The second kappa shape index (κ2) is 6.63. The fourth-order valence-corrected chi connectivity index (χ4v) is 1.12. The topological polar surface area (TPSA) is 90.7 Å². The highest BCUT2D eigenvalue weighted by atomic mass is 16.6. The number of carbonyl (C=O) groups is 2. The van der Waals surface area contributed by atoms with Gasteiger partial charge in [0, 0.05) is 6.54 Å².